The van der Waals surface area contributed by atoms with Crippen LogP contribution in [0.15, 0.2) is 48.5 Å². The minimum atomic E-state index is -0.316. The summed E-state index contributed by atoms with van der Waals surface area (Å²) in [7, 11) is 1.41. The smallest absolute Gasteiger partial charge is 0.337 e. The van der Waals surface area contributed by atoms with Crippen LogP contribution in [0, 0.1) is 0 Å². The monoisotopic (exact) mass is 472 g/mol. The molecular formula is C28H26NO6+. The summed E-state index contributed by atoms with van der Waals surface area (Å²) in [5, 5.41) is 0. The highest BCUT2D eigenvalue weighted by atomic mass is 16.7. The van der Waals surface area contributed by atoms with Crippen LogP contribution in [0.3, 0.4) is 0 Å². The summed E-state index contributed by atoms with van der Waals surface area (Å²) in [4.78, 5) is 11.9. The van der Waals surface area contributed by atoms with Crippen LogP contribution < -0.4 is 18.9 Å². The third kappa shape index (κ3) is 3.18. The SMILES string of the molecule is COC(=O)c1ccc(C[N+]23CCc4cc5c(cc4C2Cc2ccc4c(c2C3)OCO4)OCO5)cc1. The topological polar surface area (TPSA) is 63.2 Å². The van der Waals surface area contributed by atoms with Gasteiger partial charge in [0.15, 0.2) is 23.0 Å². The normalized spacial score (nSPS) is 22.7. The van der Waals surface area contributed by atoms with E-state index in [1.54, 1.807) is 0 Å². The van der Waals surface area contributed by atoms with E-state index in [4.69, 9.17) is 23.7 Å². The first kappa shape index (κ1) is 20.6. The average molecular weight is 473 g/mol. The van der Waals surface area contributed by atoms with Gasteiger partial charge in [0.1, 0.15) is 19.1 Å². The molecule has 0 saturated heterocycles. The van der Waals surface area contributed by atoms with Crippen molar-refractivity contribution in [1.82, 2.24) is 0 Å². The van der Waals surface area contributed by atoms with Gasteiger partial charge < -0.3 is 28.2 Å². The van der Waals surface area contributed by atoms with E-state index in [0.29, 0.717) is 5.56 Å². The van der Waals surface area contributed by atoms with Gasteiger partial charge in [0, 0.05) is 24.0 Å². The van der Waals surface area contributed by atoms with Crippen LogP contribution in [0.2, 0.25) is 0 Å². The Labute approximate surface area is 203 Å². The second kappa shape index (κ2) is 7.65. The van der Waals surface area contributed by atoms with E-state index in [0.717, 1.165) is 60.0 Å². The first-order valence-electron chi connectivity index (χ1n) is 12.0. The standard InChI is InChI=1S/C28H26NO6/c1-31-28(30)18-4-2-17(3-5-18)13-29-9-8-20-11-25-26(34-15-33-25)12-21(20)23(29)10-19-6-7-24-27(22(19)14-29)35-16-32-24/h2-7,11-12,23H,8-10,13-16H2,1H3/q+1. The number of rotatable bonds is 3. The van der Waals surface area contributed by atoms with Gasteiger partial charge in [-0.05, 0) is 41.5 Å². The Morgan fingerprint density at radius 1 is 0.943 bits per heavy atom. The summed E-state index contributed by atoms with van der Waals surface area (Å²) in [6, 6.07) is 16.7. The number of carbonyl (C=O) groups excluding carboxylic acids is 1. The number of carbonyl (C=O) groups is 1. The van der Waals surface area contributed by atoms with Gasteiger partial charge >= 0.3 is 5.97 Å². The molecule has 4 aliphatic rings. The summed E-state index contributed by atoms with van der Waals surface area (Å²) in [6.45, 7) is 3.27. The summed E-state index contributed by atoms with van der Waals surface area (Å²) >= 11 is 0. The van der Waals surface area contributed by atoms with Crippen molar-refractivity contribution >= 4 is 5.97 Å². The molecule has 0 bridgehead atoms. The Morgan fingerprint density at radius 3 is 2.54 bits per heavy atom. The van der Waals surface area contributed by atoms with Crippen molar-refractivity contribution in [1.29, 1.82) is 0 Å². The highest BCUT2D eigenvalue weighted by Gasteiger charge is 2.48. The highest BCUT2D eigenvalue weighted by molar-refractivity contribution is 5.89. The van der Waals surface area contributed by atoms with E-state index in [1.165, 1.54) is 34.9 Å². The van der Waals surface area contributed by atoms with Crippen molar-refractivity contribution in [2.24, 2.45) is 0 Å². The average Bonchev–Trinajstić information content (AvgIpc) is 3.56. The van der Waals surface area contributed by atoms with Crippen LogP contribution in [-0.2, 0) is 30.7 Å². The maximum absolute atomic E-state index is 11.9. The fourth-order valence-electron chi connectivity index (χ4n) is 6.24. The molecule has 4 heterocycles. The molecule has 3 aromatic rings. The summed E-state index contributed by atoms with van der Waals surface area (Å²) in [6.07, 6.45) is 1.88. The van der Waals surface area contributed by atoms with Crippen LogP contribution >= 0.6 is 0 Å². The van der Waals surface area contributed by atoms with E-state index >= 15 is 0 Å². The number of hydrogen-bond acceptors (Lipinski definition) is 6. The van der Waals surface area contributed by atoms with E-state index in [2.05, 4.69) is 30.3 Å². The molecule has 4 aliphatic heterocycles. The van der Waals surface area contributed by atoms with Gasteiger partial charge in [0.2, 0.25) is 13.6 Å². The first-order valence-corrected chi connectivity index (χ1v) is 12.0. The molecule has 0 aromatic heterocycles. The van der Waals surface area contributed by atoms with E-state index in [9.17, 15) is 4.79 Å². The molecule has 178 valence electrons. The molecular weight excluding hydrogens is 446 g/mol. The van der Waals surface area contributed by atoms with Crippen LogP contribution in [0.1, 0.15) is 44.2 Å². The number of methoxy groups -OCH3 is 1. The lowest BCUT2D eigenvalue weighted by Gasteiger charge is -2.51. The van der Waals surface area contributed by atoms with Crippen molar-refractivity contribution in [2.45, 2.75) is 32.0 Å². The molecule has 0 radical (unpaired) electrons. The van der Waals surface area contributed by atoms with Crippen LogP contribution in [-0.4, -0.2) is 37.7 Å². The Kier molecular flexibility index (Phi) is 4.51. The zero-order valence-electron chi connectivity index (χ0n) is 19.5. The number of ether oxygens (including phenoxy) is 5. The lowest BCUT2D eigenvalue weighted by Crippen LogP contribution is -2.55. The van der Waals surface area contributed by atoms with Gasteiger partial charge in [-0.1, -0.05) is 18.2 Å². The van der Waals surface area contributed by atoms with Crippen LogP contribution in [0.4, 0.5) is 0 Å². The molecule has 3 aromatic carbocycles. The highest BCUT2D eigenvalue weighted by Crippen LogP contribution is 2.51. The van der Waals surface area contributed by atoms with Gasteiger partial charge in [0.05, 0.1) is 24.8 Å². The number of benzene rings is 3. The summed E-state index contributed by atoms with van der Waals surface area (Å²) in [5.74, 6) is 3.10. The number of nitrogens with zero attached hydrogens (tertiary/aromatic N) is 1. The lowest BCUT2D eigenvalue weighted by atomic mass is 9.80. The molecule has 0 N–H and O–H groups in total. The fourth-order valence-corrected chi connectivity index (χ4v) is 6.24. The molecule has 7 nitrogen and oxygen atoms in total. The zero-order chi connectivity index (χ0) is 23.6. The molecule has 7 heteroatoms. The first-order chi connectivity index (χ1) is 17.1. The zero-order valence-corrected chi connectivity index (χ0v) is 19.5. The van der Waals surface area contributed by atoms with Gasteiger partial charge in [-0.2, -0.15) is 0 Å². The van der Waals surface area contributed by atoms with Crippen LogP contribution in [0.5, 0.6) is 23.0 Å². The van der Waals surface area contributed by atoms with Crippen LogP contribution in [0.25, 0.3) is 0 Å². The Hall–Kier alpha value is -3.71. The molecule has 0 saturated carbocycles. The molecule has 7 rings (SSSR count). The summed E-state index contributed by atoms with van der Waals surface area (Å²) < 4.78 is 28.8. The van der Waals surface area contributed by atoms with E-state index < -0.39 is 0 Å². The lowest BCUT2D eigenvalue weighted by molar-refractivity contribution is -0.985. The van der Waals surface area contributed by atoms with Gasteiger partial charge in [-0.25, -0.2) is 4.79 Å². The van der Waals surface area contributed by atoms with Crippen molar-refractivity contribution < 1.29 is 33.0 Å². The number of hydrogen-bond donors (Lipinski definition) is 0. The maximum Gasteiger partial charge on any atom is 0.337 e. The largest absolute Gasteiger partial charge is 0.465 e. The predicted octanol–water partition coefficient (Wildman–Crippen LogP) is 4.30. The Balaban J connectivity index is 1.33. The predicted molar refractivity (Wildman–Crippen MR) is 126 cm³/mol. The minimum Gasteiger partial charge on any atom is -0.465 e. The summed E-state index contributed by atoms with van der Waals surface area (Å²) in [5.41, 5.74) is 7.02. The molecule has 0 amide bonds. The number of fused-ring (bicyclic) bond motifs is 7. The fraction of sp³-hybridized carbons (Fsp3) is 0.321. The molecule has 0 spiro atoms. The van der Waals surface area contributed by atoms with Crippen molar-refractivity contribution in [3.8, 4) is 23.0 Å². The number of esters is 1. The van der Waals surface area contributed by atoms with Crippen molar-refractivity contribution in [3.63, 3.8) is 0 Å². The molecule has 2 unspecified atom stereocenters. The maximum atomic E-state index is 11.9. The van der Waals surface area contributed by atoms with E-state index in [-0.39, 0.29) is 25.6 Å². The van der Waals surface area contributed by atoms with Gasteiger partial charge in [-0.3, -0.25) is 0 Å². The molecule has 35 heavy (non-hydrogen) atoms. The number of quaternary nitrogens is 1. The van der Waals surface area contributed by atoms with Crippen molar-refractivity contribution in [2.75, 3.05) is 27.2 Å². The van der Waals surface area contributed by atoms with E-state index in [1.807, 2.05) is 18.2 Å². The second-order valence-corrected chi connectivity index (χ2v) is 9.76. The molecule has 0 aliphatic carbocycles. The minimum absolute atomic E-state index is 0.274. The van der Waals surface area contributed by atoms with Gasteiger partial charge in [0.25, 0.3) is 0 Å². The Morgan fingerprint density at radius 2 is 1.71 bits per heavy atom. The van der Waals surface area contributed by atoms with Gasteiger partial charge in [-0.15, -0.1) is 0 Å². The molecule has 2 atom stereocenters. The second-order valence-electron chi connectivity index (χ2n) is 9.76. The Bertz CT molecular complexity index is 1350. The van der Waals surface area contributed by atoms with Crippen molar-refractivity contribution in [3.05, 3.63) is 81.9 Å². The third-order valence-corrected chi connectivity index (χ3v) is 7.98. The molecule has 0 fully saturated rings. The third-order valence-electron chi connectivity index (χ3n) is 7.98. The quantitative estimate of drug-likeness (QED) is 0.418.